The first-order chi connectivity index (χ1) is 13.2. The standard InChI is InChI=1S/C19H22N4O3S/c1-22-18(16-9-6-11-26-16)20-21-19(22)27-14-17(24)23(10-12-25-2)13-15-7-4-3-5-8-15/h3-9,11H,10,12-14H2,1-2H3. The molecule has 0 saturated carbocycles. The second-order valence-electron chi connectivity index (χ2n) is 5.92. The maximum absolute atomic E-state index is 12.7. The van der Waals surface area contributed by atoms with Crippen LogP contribution in [-0.4, -0.2) is 51.6 Å². The summed E-state index contributed by atoms with van der Waals surface area (Å²) in [7, 11) is 3.49. The van der Waals surface area contributed by atoms with Crippen molar-refractivity contribution < 1.29 is 13.9 Å². The van der Waals surface area contributed by atoms with Crippen molar-refractivity contribution in [2.24, 2.45) is 7.05 Å². The number of thioether (sulfide) groups is 1. The third kappa shape index (κ3) is 4.99. The summed E-state index contributed by atoms with van der Waals surface area (Å²) in [6, 6.07) is 13.6. The normalized spacial score (nSPS) is 10.9. The van der Waals surface area contributed by atoms with Crippen LogP contribution in [0, 0.1) is 0 Å². The molecule has 1 amide bonds. The molecule has 3 aromatic rings. The highest BCUT2D eigenvalue weighted by Gasteiger charge is 2.18. The van der Waals surface area contributed by atoms with Crippen LogP contribution in [0.25, 0.3) is 11.6 Å². The molecule has 0 unspecified atom stereocenters. The van der Waals surface area contributed by atoms with Crippen LogP contribution < -0.4 is 0 Å². The number of methoxy groups -OCH3 is 1. The predicted molar refractivity (Wildman–Crippen MR) is 103 cm³/mol. The monoisotopic (exact) mass is 386 g/mol. The number of amides is 1. The van der Waals surface area contributed by atoms with E-state index in [1.165, 1.54) is 11.8 Å². The molecule has 27 heavy (non-hydrogen) atoms. The molecule has 0 aliphatic carbocycles. The number of aromatic nitrogens is 3. The van der Waals surface area contributed by atoms with E-state index in [2.05, 4.69) is 10.2 Å². The van der Waals surface area contributed by atoms with Gasteiger partial charge in [-0.25, -0.2) is 0 Å². The van der Waals surface area contributed by atoms with Gasteiger partial charge in [0.15, 0.2) is 16.7 Å². The van der Waals surface area contributed by atoms with E-state index in [-0.39, 0.29) is 11.7 Å². The van der Waals surface area contributed by atoms with Gasteiger partial charge < -0.3 is 18.6 Å². The summed E-state index contributed by atoms with van der Waals surface area (Å²) in [5.41, 5.74) is 1.09. The molecule has 0 spiro atoms. The molecule has 142 valence electrons. The first kappa shape index (κ1) is 19.2. The predicted octanol–water partition coefficient (Wildman–Crippen LogP) is 2.84. The summed E-state index contributed by atoms with van der Waals surface area (Å²) in [6.45, 7) is 1.59. The highest BCUT2D eigenvalue weighted by molar-refractivity contribution is 7.99. The maximum Gasteiger partial charge on any atom is 0.233 e. The number of carbonyl (C=O) groups is 1. The molecule has 0 aliphatic rings. The zero-order chi connectivity index (χ0) is 19.1. The average Bonchev–Trinajstić information content (AvgIpc) is 3.33. The number of nitrogens with zero attached hydrogens (tertiary/aromatic N) is 4. The molecule has 8 heteroatoms. The van der Waals surface area contributed by atoms with Crippen LogP contribution in [0.3, 0.4) is 0 Å². The van der Waals surface area contributed by atoms with Gasteiger partial charge in [0.1, 0.15) is 0 Å². The van der Waals surface area contributed by atoms with E-state index in [1.807, 2.05) is 48.0 Å². The Kier molecular flexibility index (Phi) is 6.67. The lowest BCUT2D eigenvalue weighted by molar-refractivity contribution is -0.129. The Morgan fingerprint density at radius 3 is 2.74 bits per heavy atom. The van der Waals surface area contributed by atoms with Gasteiger partial charge in [0.05, 0.1) is 18.6 Å². The number of carbonyl (C=O) groups excluding carboxylic acids is 1. The van der Waals surface area contributed by atoms with Crippen LogP contribution in [0.15, 0.2) is 58.3 Å². The van der Waals surface area contributed by atoms with E-state index < -0.39 is 0 Å². The number of hydrogen-bond donors (Lipinski definition) is 0. The van der Waals surface area contributed by atoms with Gasteiger partial charge in [0, 0.05) is 27.2 Å². The van der Waals surface area contributed by atoms with E-state index in [9.17, 15) is 4.79 Å². The molecule has 7 nitrogen and oxygen atoms in total. The number of ether oxygens (including phenoxy) is 1. The molecule has 0 atom stereocenters. The number of benzene rings is 1. The minimum Gasteiger partial charge on any atom is -0.461 e. The zero-order valence-corrected chi connectivity index (χ0v) is 16.2. The molecule has 1 aromatic carbocycles. The third-order valence-corrected chi connectivity index (χ3v) is 5.04. The first-order valence-corrected chi connectivity index (χ1v) is 9.54. The Labute approximate surface area is 162 Å². The smallest absolute Gasteiger partial charge is 0.233 e. The summed E-state index contributed by atoms with van der Waals surface area (Å²) in [5.74, 6) is 1.59. The number of rotatable bonds is 9. The van der Waals surface area contributed by atoms with Gasteiger partial charge in [-0.3, -0.25) is 4.79 Å². The Bertz CT molecular complexity index is 849. The minimum absolute atomic E-state index is 0.0310. The van der Waals surface area contributed by atoms with E-state index in [1.54, 1.807) is 24.3 Å². The Morgan fingerprint density at radius 1 is 1.22 bits per heavy atom. The summed E-state index contributed by atoms with van der Waals surface area (Å²) >= 11 is 1.36. The van der Waals surface area contributed by atoms with Crippen LogP contribution in [0.4, 0.5) is 0 Å². The average molecular weight is 386 g/mol. The summed E-state index contributed by atoms with van der Waals surface area (Å²) in [5, 5.41) is 8.99. The lowest BCUT2D eigenvalue weighted by Crippen LogP contribution is -2.34. The molecule has 0 aliphatic heterocycles. The number of furan rings is 1. The van der Waals surface area contributed by atoms with E-state index in [0.29, 0.717) is 36.4 Å². The maximum atomic E-state index is 12.7. The summed E-state index contributed by atoms with van der Waals surface area (Å²) < 4.78 is 12.3. The topological polar surface area (TPSA) is 73.4 Å². The zero-order valence-electron chi connectivity index (χ0n) is 15.4. The fraction of sp³-hybridized carbons (Fsp3) is 0.316. The van der Waals surface area contributed by atoms with Crippen LogP contribution in [0.1, 0.15) is 5.56 Å². The fourth-order valence-corrected chi connectivity index (χ4v) is 3.39. The van der Waals surface area contributed by atoms with Crippen LogP contribution >= 0.6 is 11.8 Å². The Balaban J connectivity index is 1.63. The van der Waals surface area contributed by atoms with Crippen molar-refractivity contribution >= 4 is 17.7 Å². The van der Waals surface area contributed by atoms with Gasteiger partial charge in [0.25, 0.3) is 0 Å². The number of hydrogen-bond acceptors (Lipinski definition) is 6. The molecular weight excluding hydrogens is 364 g/mol. The molecule has 0 saturated heterocycles. The highest BCUT2D eigenvalue weighted by Crippen LogP contribution is 2.23. The van der Waals surface area contributed by atoms with Crippen molar-refractivity contribution in [3.05, 3.63) is 54.3 Å². The largest absolute Gasteiger partial charge is 0.461 e. The van der Waals surface area contributed by atoms with Crippen molar-refractivity contribution in [1.82, 2.24) is 19.7 Å². The van der Waals surface area contributed by atoms with Crippen molar-refractivity contribution in [2.45, 2.75) is 11.7 Å². The Morgan fingerprint density at radius 2 is 2.04 bits per heavy atom. The molecule has 0 radical (unpaired) electrons. The molecule has 0 N–H and O–H groups in total. The van der Waals surface area contributed by atoms with Crippen molar-refractivity contribution in [3.8, 4) is 11.6 Å². The van der Waals surface area contributed by atoms with Gasteiger partial charge >= 0.3 is 0 Å². The summed E-state index contributed by atoms with van der Waals surface area (Å²) in [4.78, 5) is 14.5. The van der Waals surface area contributed by atoms with Crippen molar-refractivity contribution in [3.63, 3.8) is 0 Å². The van der Waals surface area contributed by atoms with Crippen LogP contribution in [0.2, 0.25) is 0 Å². The Hall–Kier alpha value is -2.58. The van der Waals surface area contributed by atoms with Gasteiger partial charge in [-0.2, -0.15) is 0 Å². The van der Waals surface area contributed by atoms with Crippen LogP contribution in [0.5, 0.6) is 0 Å². The fourth-order valence-electron chi connectivity index (χ4n) is 2.58. The summed E-state index contributed by atoms with van der Waals surface area (Å²) in [6.07, 6.45) is 1.59. The molecule has 2 heterocycles. The van der Waals surface area contributed by atoms with E-state index >= 15 is 0 Å². The van der Waals surface area contributed by atoms with Crippen LogP contribution in [-0.2, 0) is 23.1 Å². The second-order valence-corrected chi connectivity index (χ2v) is 6.87. The first-order valence-electron chi connectivity index (χ1n) is 8.55. The van der Waals surface area contributed by atoms with Gasteiger partial charge in [-0.15, -0.1) is 10.2 Å². The van der Waals surface area contributed by atoms with Crippen molar-refractivity contribution in [2.75, 3.05) is 26.0 Å². The third-order valence-electron chi connectivity index (χ3n) is 4.04. The highest BCUT2D eigenvalue weighted by atomic mass is 32.2. The van der Waals surface area contributed by atoms with Gasteiger partial charge in [-0.1, -0.05) is 42.1 Å². The SMILES string of the molecule is COCCN(Cc1ccccc1)C(=O)CSc1nnc(-c2ccco2)n1C. The minimum atomic E-state index is 0.0310. The van der Waals surface area contributed by atoms with Gasteiger partial charge in [-0.05, 0) is 17.7 Å². The van der Waals surface area contributed by atoms with E-state index in [4.69, 9.17) is 9.15 Å². The quantitative estimate of drug-likeness (QED) is 0.527. The van der Waals surface area contributed by atoms with E-state index in [0.717, 1.165) is 5.56 Å². The second kappa shape index (κ2) is 9.38. The molecule has 0 fully saturated rings. The lowest BCUT2D eigenvalue weighted by Gasteiger charge is -2.22. The molecule has 2 aromatic heterocycles. The lowest BCUT2D eigenvalue weighted by atomic mass is 10.2. The van der Waals surface area contributed by atoms with Gasteiger partial charge in [0.2, 0.25) is 5.91 Å². The molecular formula is C19H22N4O3S. The van der Waals surface area contributed by atoms with Crippen molar-refractivity contribution in [1.29, 1.82) is 0 Å². The molecule has 0 bridgehead atoms. The molecule has 3 rings (SSSR count).